The maximum atomic E-state index is 12.5. The minimum atomic E-state index is -0.952. The van der Waals surface area contributed by atoms with E-state index in [0.29, 0.717) is 6.04 Å². The maximum absolute atomic E-state index is 12.5. The van der Waals surface area contributed by atoms with E-state index in [1.165, 1.54) is 0 Å². The normalized spacial score (nSPS) is 35.2. The molecule has 2 saturated heterocycles. The summed E-state index contributed by atoms with van der Waals surface area (Å²) in [4.78, 5) is 26.3. The predicted molar refractivity (Wildman–Crippen MR) is 80.3 cm³/mol. The van der Waals surface area contributed by atoms with Crippen LogP contribution in [0.15, 0.2) is 12.2 Å². The van der Waals surface area contributed by atoms with Gasteiger partial charge in [0.1, 0.15) is 5.92 Å². The van der Waals surface area contributed by atoms with Gasteiger partial charge in [-0.05, 0) is 26.7 Å². The summed E-state index contributed by atoms with van der Waals surface area (Å²) in [7, 11) is 0. The second kappa shape index (κ2) is 6.01. The lowest BCUT2D eigenvalue weighted by Crippen LogP contribution is -2.50. The number of fused-ring (bicyclic) bond motifs is 2. The topological polar surface area (TPSA) is 78.9 Å². The lowest BCUT2D eigenvalue weighted by atomic mass is 9.82. The molecule has 0 aromatic heterocycles. The van der Waals surface area contributed by atoms with Gasteiger partial charge in [-0.15, -0.1) is 0 Å². The van der Waals surface area contributed by atoms with Crippen LogP contribution < -0.4 is 5.32 Å². The Morgan fingerprint density at radius 2 is 1.77 bits per heavy atom. The van der Waals surface area contributed by atoms with Crippen LogP contribution in [0.25, 0.3) is 0 Å². The zero-order valence-electron chi connectivity index (χ0n) is 13.1. The van der Waals surface area contributed by atoms with E-state index in [2.05, 4.69) is 24.1 Å². The van der Waals surface area contributed by atoms with Gasteiger partial charge >= 0.3 is 5.97 Å². The van der Waals surface area contributed by atoms with Crippen LogP contribution in [0.2, 0.25) is 0 Å². The summed E-state index contributed by atoms with van der Waals surface area (Å²) in [5.74, 6) is -2.49. The molecule has 0 saturated carbocycles. The van der Waals surface area contributed by atoms with E-state index in [9.17, 15) is 14.7 Å². The number of hydrogen-bond donors (Lipinski definition) is 2. The summed E-state index contributed by atoms with van der Waals surface area (Å²) in [5.41, 5.74) is 0. The second-order valence-electron chi connectivity index (χ2n) is 6.75. The van der Waals surface area contributed by atoms with E-state index in [1.54, 1.807) is 6.08 Å². The van der Waals surface area contributed by atoms with E-state index in [-0.39, 0.29) is 18.1 Å². The first-order valence-corrected chi connectivity index (χ1v) is 8.08. The standard InChI is InChI=1S/C16H24N2O4/c1-9(2)18-7-5-10(6-8-18)17-15(19)13-11-3-4-12(22-11)14(13)16(20)21/h3-4,9-14H,5-8H2,1-2H3,(H,17,19)(H,20,21)/t11-,12+,13-,14+/m1/s1. The smallest absolute Gasteiger partial charge is 0.310 e. The Labute approximate surface area is 130 Å². The highest BCUT2D eigenvalue weighted by molar-refractivity contribution is 5.87. The molecule has 2 bridgehead atoms. The van der Waals surface area contributed by atoms with Gasteiger partial charge in [0.05, 0.1) is 18.1 Å². The van der Waals surface area contributed by atoms with Crippen LogP contribution in [0.3, 0.4) is 0 Å². The molecule has 3 heterocycles. The molecule has 3 rings (SSSR count). The molecule has 0 spiro atoms. The van der Waals surface area contributed by atoms with Crippen molar-refractivity contribution in [2.45, 2.75) is 51.0 Å². The molecule has 0 radical (unpaired) electrons. The van der Waals surface area contributed by atoms with Crippen molar-refractivity contribution in [3.05, 3.63) is 12.2 Å². The second-order valence-corrected chi connectivity index (χ2v) is 6.75. The van der Waals surface area contributed by atoms with Gasteiger partial charge in [-0.25, -0.2) is 0 Å². The number of nitrogens with one attached hydrogen (secondary N) is 1. The van der Waals surface area contributed by atoms with Crippen molar-refractivity contribution in [1.29, 1.82) is 0 Å². The number of carbonyl (C=O) groups is 2. The van der Waals surface area contributed by atoms with Crippen LogP contribution in [0, 0.1) is 11.8 Å². The molecule has 0 aromatic carbocycles. The fourth-order valence-electron chi connectivity index (χ4n) is 3.77. The third-order valence-electron chi connectivity index (χ3n) is 5.09. The highest BCUT2D eigenvalue weighted by atomic mass is 16.5. The Balaban J connectivity index is 1.58. The zero-order chi connectivity index (χ0) is 15.9. The summed E-state index contributed by atoms with van der Waals surface area (Å²) < 4.78 is 5.56. The first-order chi connectivity index (χ1) is 10.5. The monoisotopic (exact) mass is 308 g/mol. The van der Waals surface area contributed by atoms with Crippen molar-refractivity contribution in [2.24, 2.45) is 11.8 Å². The Morgan fingerprint density at radius 3 is 2.32 bits per heavy atom. The van der Waals surface area contributed by atoms with E-state index in [1.807, 2.05) is 6.08 Å². The first-order valence-electron chi connectivity index (χ1n) is 8.08. The van der Waals surface area contributed by atoms with E-state index in [4.69, 9.17) is 4.74 Å². The number of nitrogens with zero attached hydrogens (tertiary/aromatic N) is 1. The number of carbonyl (C=O) groups excluding carboxylic acids is 1. The quantitative estimate of drug-likeness (QED) is 0.745. The first kappa shape index (κ1) is 15.5. The van der Waals surface area contributed by atoms with Gasteiger partial charge in [0.25, 0.3) is 0 Å². The lowest BCUT2D eigenvalue weighted by Gasteiger charge is -2.35. The molecule has 0 unspecified atom stereocenters. The Bertz CT molecular complexity index is 483. The highest BCUT2D eigenvalue weighted by Gasteiger charge is 2.53. The van der Waals surface area contributed by atoms with Crippen LogP contribution in [0.4, 0.5) is 0 Å². The predicted octanol–water partition coefficient (Wildman–Crippen LogP) is 0.630. The Morgan fingerprint density at radius 1 is 1.18 bits per heavy atom. The Hall–Kier alpha value is -1.40. The van der Waals surface area contributed by atoms with Crippen molar-refractivity contribution in [1.82, 2.24) is 10.2 Å². The van der Waals surface area contributed by atoms with Crippen LogP contribution >= 0.6 is 0 Å². The number of amides is 1. The molecular weight excluding hydrogens is 284 g/mol. The van der Waals surface area contributed by atoms with Gasteiger partial charge in [-0.3, -0.25) is 9.59 Å². The molecule has 0 aromatic rings. The molecule has 6 nitrogen and oxygen atoms in total. The summed E-state index contributed by atoms with van der Waals surface area (Å²) in [6, 6.07) is 0.664. The van der Waals surface area contributed by atoms with Gasteiger partial charge in [-0.1, -0.05) is 12.2 Å². The SMILES string of the molecule is CC(C)N1CCC(NC(=O)[C@H]2[C@@H](C(=O)O)[C@@H]3C=C[C@H]2O3)CC1. The highest BCUT2D eigenvalue weighted by Crippen LogP contribution is 2.39. The fraction of sp³-hybridized carbons (Fsp3) is 0.750. The van der Waals surface area contributed by atoms with Crippen molar-refractivity contribution >= 4 is 11.9 Å². The molecule has 3 aliphatic rings. The molecule has 0 aliphatic carbocycles. The third-order valence-corrected chi connectivity index (χ3v) is 5.09. The summed E-state index contributed by atoms with van der Waals surface area (Å²) in [5, 5.41) is 12.4. The maximum Gasteiger partial charge on any atom is 0.310 e. The minimum Gasteiger partial charge on any atom is -0.481 e. The fourth-order valence-corrected chi connectivity index (χ4v) is 3.77. The number of carboxylic acid groups (broad SMARTS) is 1. The van der Waals surface area contributed by atoms with Crippen LogP contribution in [0.5, 0.6) is 0 Å². The van der Waals surface area contributed by atoms with Crippen LogP contribution in [0.1, 0.15) is 26.7 Å². The number of ether oxygens (including phenoxy) is 1. The van der Waals surface area contributed by atoms with Crippen molar-refractivity contribution in [2.75, 3.05) is 13.1 Å². The number of rotatable bonds is 4. The largest absolute Gasteiger partial charge is 0.481 e. The number of likely N-dealkylation sites (tertiary alicyclic amines) is 1. The van der Waals surface area contributed by atoms with E-state index >= 15 is 0 Å². The van der Waals surface area contributed by atoms with Gasteiger partial charge in [0, 0.05) is 25.2 Å². The molecule has 1 amide bonds. The molecule has 22 heavy (non-hydrogen) atoms. The third kappa shape index (κ3) is 2.77. The molecule has 6 heteroatoms. The lowest BCUT2D eigenvalue weighted by molar-refractivity contribution is -0.146. The molecule has 2 N–H and O–H groups in total. The molecule has 122 valence electrons. The molecule has 2 fully saturated rings. The summed E-state index contributed by atoms with van der Waals surface area (Å²) in [6.45, 7) is 6.29. The number of carboxylic acids is 1. The Kier molecular flexibility index (Phi) is 4.23. The van der Waals surface area contributed by atoms with Crippen molar-refractivity contribution in [3.8, 4) is 0 Å². The van der Waals surface area contributed by atoms with Gasteiger partial charge in [0.2, 0.25) is 5.91 Å². The van der Waals surface area contributed by atoms with Crippen molar-refractivity contribution in [3.63, 3.8) is 0 Å². The molecule has 4 atom stereocenters. The molecule has 3 aliphatic heterocycles. The number of piperidine rings is 1. The van der Waals surface area contributed by atoms with Gasteiger partial charge in [-0.2, -0.15) is 0 Å². The van der Waals surface area contributed by atoms with E-state index in [0.717, 1.165) is 25.9 Å². The van der Waals surface area contributed by atoms with Gasteiger partial charge < -0.3 is 20.1 Å². The average molecular weight is 308 g/mol. The zero-order valence-corrected chi connectivity index (χ0v) is 13.1. The average Bonchev–Trinajstić information content (AvgIpc) is 3.08. The minimum absolute atomic E-state index is 0.139. The number of hydrogen-bond acceptors (Lipinski definition) is 4. The van der Waals surface area contributed by atoms with Gasteiger partial charge in [0.15, 0.2) is 0 Å². The van der Waals surface area contributed by atoms with Crippen LogP contribution in [-0.4, -0.2) is 59.3 Å². The summed E-state index contributed by atoms with van der Waals surface area (Å²) in [6.07, 6.45) is 4.56. The molecular formula is C16H24N2O4. The van der Waals surface area contributed by atoms with Crippen LogP contribution in [-0.2, 0) is 14.3 Å². The number of aliphatic carboxylic acids is 1. The van der Waals surface area contributed by atoms with Crippen molar-refractivity contribution < 1.29 is 19.4 Å². The van der Waals surface area contributed by atoms with E-state index < -0.39 is 23.9 Å². The summed E-state index contributed by atoms with van der Waals surface area (Å²) >= 11 is 0.